The zero-order valence-electron chi connectivity index (χ0n) is 7.77. The summed E-state index contributed by atoms with van der Waals surface area (Å²) in [6, 6.07) is 0. The van der Waals surface area contributed by atoms with Crippen molar-refractivity contribution in [1.82, 2.24) is 5.32 Å². The van der Waals surface area contributed by atoms with E-state index >= 15 is 0 Å². The minimum atomic E-state index is -4.11. The van der Waals surface area contributed by atoms with Crippen LogP contribution in [0.25, 0.3) is 0 Å². The summed E-state index contributed by atoms with van der Waals surface area (Å²) >= 11 is 0.0127. The zero-order valence-corrected chi connectivity index (χ0v) is 8.59. The number of hydrogen-bond donors (Lipinski definition) is 1. The summed E-state index contributed by atoms with van der Waals surface area (Å²) in [7, 11) is 0. The Kier molecular flexibility index (Phi) is 5.05. The molecule has 1 aliphatic heterocycles. The van der Waals surface area contributed by atoms with Gasteiger partial charge in [0.1, 0.15) is 0 Å². The summed E-state index contributed by atoms with van der Waals surface area (Å²) in [6.45, 7) is 1.83. The summed E-state index contributed by atoms with van der Waals surface area (Å²) in [5.41, 5.74) is -4.11. The van der Waals surface area contributed by atoms with E-state index in [9.17, 15) is 13.2 Å². The molecule has 14 heavy (non-hydrogen) atoms. The third-order valence-electron chi connectivity index (χ3n) is 1.94. The second-order valence-electron chi connectivity index (χ2n) is 3.13. The minimum absolute atomic E-state index is 0.0127. The smallest absolute Gasteiger partial charge is 0.377 e. The Labute approximate surface area is 85.6 Å². The van der Waals surface area contributed by atoms with E-state index in [0.29, 0.717) is 13.1 Å². The van der Waals surface area contributed by atoms with Crippen molar-refractivity contribution in [2.45, 2.75) is 24.5 Å². The van der Waals surface area contributed by atoms with Crippen LogP contribution in [0, 0.1) is 0 Å². The van der Waals surface area contributed by atoms with Crippen LogP contribution in [-0.2, 0) is 4.74 Å². The van der Waals surface area contributed by atoms with E-state index in [-0.39, 0.29) is 23.6 Å². The average Bonchev–Trinajstić information content (AvgIpc) is 2.54. The van der Waals surface area contributed by atoms with E-state index in [1.165, 1.54) is 0 Å². The molecule has 1 fully saturated rings. The first-order chi connectivity index (χ1) is 6.58. The van der Waals surface area contributed by atoms with Crippen molar-refractivity contribution in [1.29, 1.82) is 0 Å². The molecule has 1 atom stereocenters. The number of thioether (sulfide) groups is 1. The lowest BCUT2D eigenvalue weighted by Crippen LogP contribution is -2.28. The summed E-state index contributed by atoms with van der Waals surface area (Å²) in [5.74, 6) is 0.0657. The van der Waals surface area contributed by atoms with Gasteiger partial charge in [0, 0.05) is 25.4 Å². The second-order valence-corrected chi connectivity index (χ2v) is 4.29. The molecule has 0 saturated carbocycles. The molecule has 1 N–H and O–H groups in total. The molecule has 2 nitrogen and oxygen atoms in total. The fourth-order valence-electron chi connectivity index (χ4n) is 1.31. The van der Waals surface area contributed by atoms with Gasteiger partial charge in [-0.3, -0.25) is 0 Å². The first-order valence-electron chi connectivity index (χ1n) is 4.61. The lowest BCUT2D eigenvalue weighted by atomic mass is 10.2. The molecular weight excluding hydrogens is 215 g/mol. The van der Waals surface area contributed by atoms with Crippen molar-refractivity contribution in [2.24, 2.45) is 0 Å². The van der Waals surface area contributed by atoms with Crippen LogP contribution in [0.3, 0.4) is 0 Å². The van der Waals surface area contributed by atoms with E-state index in [1.54, 1.807) is 0 Å². The molecule has 6 heteroatoms. The first kappa shape index (κ1) is 12.1. The Hall–Kier alpha value is 0.0600. The molecular formula is C8H14F3NOS. The highest BCUT2D eigenvalue weighted by Crippen LogP contribution is 2.29. The molecule has 1 heterocycles. The Morgan fingerprint density at radius 1 is 1.43 bits per heavy atom. The lowest BCUT2D eigenvalue weighted by molar-refractivity contribution is -0.0327. The number of halogens is 3. The molecule has 0 aliphatic carbocycles. The van der Waals surface area contributed by atoms with Crippen LogP contribution in [0.2, 0.25) is 0 Å². The molecule has 1 unspecified atom stereocenters. The highest BCUT2D eigenvalue weighted by Gasteiger charge is 2.27. The molecule has 0 radical (unpaired) electrons. The topological polar surface area (TPSA) is 21.3 Å². The van der Waals surface area contributed by atoms with Gasteiger partial charge in [-0.05, 0) is 24.6 Å². The summed E-state index contributed by atoms with van der Waals surface area (Å²) in [5, 5.41) is 2.95. The molecule has 1 rings (SSSR count). The maximum Gasteiger partial charge on any atom is 0.441 e. The van der Waals surface area contributed by atoms with Crippen LogP contribution in [0.4, 0.5) is 13.2 Å². The van der Waals surface area contributed by atoms with Crippen LogP contribution < -0.4 is 5.32 Å². The highest BCUT2D eigenvalue weighted by molar-refractivity contribution is 8.00. The second kappa shape index (κ2) is 5.82. The molecule has 0 aromatic heterocycles. The van der Waals surface area contributed by atoms with E-state index in [2.05, 4.69) is 5.32 Å². The van der Waals surface area contributed by atoms with Crippen molar-refractivity contribution in [3.8, 4) is 0 Å². The standard InChI is InChI=1S/C8H14F3NOS/c9-8(10,11)14-5-3-12-6-7-2-1-4-13-7/h7,12H,1-6H2. The number of nitrogens with one attached hydrogen (secondary N) is 1. The third-order valence-corrected chi connectivity index (χ3v) is 2.68. The van der Waals surface area contributed by atoms with E-state index in [1.807, 2.05) is 0 Å². The SMILES string of the molecule is FC(F)(F)SCCNCC1CCCO1. The Morgan fingerprint density at radius 2 is 2.21 bits per heavy atom. The largest absolute Gasteiger partial charge is 0.441 e. The van der Waals surface area contributed by atoms with Gasteiger partial charge in [0.05, 0.1) is 6.10 Å². The predicted molar refractivity (Wildman–Crippen MR) is 50.4 cm³/mol. The molecule has 1 aliphatic rings. The molecule has 0 bridgehead atoms. The highest BCUT2D eigenvalue weighted by atomic mass is 32.2. The molecule has 0 spiro atoms. The van der Waals surface area contributed by atoms with Gasteiger partial charge in [-0.15, -0.1) is 0 Å². The van der Waals surface area contributed by atoms with Gasteiger partial charge in [0.15, 0.2) is 0 Å². The van der Waals surface area contributed by atoms with Gasteiger partial charge in [0.2, 0.25) is 0 Å². The Balaban J connectivity index is 1.89. The number of alkyl halides is 3. The van der Waals surface area contributed by atoms with Gasteiger partial charge in [-0.2, -0.15) is 13.2 Å². The van der Waals surface area contributed by atoms with E-state index in [4.69, 9.17) is 4.74 Å². The molecule has 84 valence electrons. The van der Waals surface area contributed by atoms with Gasteiger partial charge >= 0.3 is 5.51 Å². The zero-order chi connectivity index (χ0) is 10.4. The van der Waals surface area contributed by atoms with Crippen LogP contribution in [0.15, 0.2) is 0 Å². The number of hydrogen-bond acceptors (Lipinski definition) is 3. The number of ether oxygens (including phenoxy) is 1. The molecule has 0 aromatic rings. The van der Waals surface area contributed by atoms with Crippen LogP contribution in [0.1, 0.15) is 12.8 Å². The molecule has 0 aromatic carbocycles. The first-order valence-corrected chi connectivity index (χ1v) is 5.59. The van der Waals surface area contributed by atoms with Crippen molar-refractivity contribution >= 4 is 11.8 Å². The quantitative estimate of drug-likeness (QED) is 0.729. The van der Waals surface area contributed by atoms with Crippen LogP contribution in [-0.4, -0.2) is 37.1 Å². The van der Waals surface area contributed by atoms with Crippen LogP contribution >= 0.6 is 11.8 Å². The van der Waals surface area contributed by atoms with Gasteiger partial charge in [0.25, 0.3) is 0 Å². The number of rotatable bonds is 5. The van der Waals surface area contributed by atoms with Gasteiger partial charge in [-0.1, -0.05) is 0 Å². The van der Waals surface area contributed by atoms with Crippen molar-refractivity contribution in [2.75, 3.05) is 25.4 Å². The van der Waals surface area contributed by atoms with Crippen molar-refractivity contribution < 1.29 is 17.9 Å². The van der Waals surface area contributed by atoms with Crippen LogP contribution in [0.5, 0.6) is 0 Å². The lowest BCUT2D eigenvalue weighted by Gasteiger charge is -2.10. The molecule has 1 saturated heterocycles. The summed E-state index contributed by atoms with van der Waals surface area (Å²) in [4.78, 5) is 0. The van der Waals surface area contributed by atoms with E-state index < -0.39 is 5.51 Å². The summed E-state index contributed by atoms with van der Waals surface area (Å²) < 4.78 is 40.4. The van der Waals surface area contributed by atoms with Gasteiger partial charge in [-0.25, -0.2) is 0 Å². The monoisotopic (exact) mass is 229 g/mol. The minimum Gasteiger partial charge on any atom is -0.377 e. The molecule has 0 amide bonds. The third kappa shape index (κ3) is 5.72. The maximum atomic E-state index is 11.7. The average molecular weight is 229 g/mol. The maximum absolute atomic E-state index is 11.7. The van der Waals surface area contributed by atoms with Crippen molar-refractivity contribution in [3.05, 3.63) is 0 Å². The van der Waals surface area contributed by atoms with Crippen molar-refractivity contribution in [3.63, 3.8) is 0 Å². The Morgan fingerprint density at radius 3 is 2.79 bits per heavy atom. The predicted octanol–water partition coefficient (Wildman–Crippen LogP) is 2.01. The summed E-state index contributed by atoms with van der Waals surface area (Å²) in [6.07, 6.45) is 2.27. The fraction of sp³-hybridized carbons (Fsp3) is 1.00. The van der Waals surface area contributed by atoms with Gasteiger partial charge < -0.3 is 10.1 Å². The Bertz CT molecular complexity index is 159. The fourth-order valence-corrected chi connectivity index (χ4v) is 1.79. The van der Waals surface area contributed by atoms with E-state index in [0.717, 1.165) is 19.4 Å². The normalized spacial score (nSPS) is 22.9.